The molecule has 0 radical (unpaired) electrons. The van der Waals surface area contributed by atoms with Crippen LogP contribution in [0.3, 0.4) is 0 Å². The number of benzene rings is 2. The summed E-state index contributed by atoms with van der Waals surface area (Å²) >= 11 is 0. The molecule has 0 aliphatic carbocycles. The number of carbonyl (C=O) groups excluding carboxylic acids is 1. The maximum atomic E-state index is 12.4. The Labute approximate surface area is 146 Å². The number of amides is 1. The molecule has 0 bridgehead atoms. The number of hydrogen-bond acceptors (Lipinski definition) is 4. The van der Waals surface area contributed by atoms with E-state index in [4.69, 9.17) is 9.26 Å². The molecule has 0 atom stereocenters. The zero-order valence-corrected chi connectivity index (χ0v) is 14.3. The van der Waals surface area contributed by atoms with Crippen molar-refractivity contribution < 1.29 is 14.1 Å². The minimum Gasteiger partial charge on any atom is -0.457 e. The van der Waals surface area contributed by atoms with Gasteiger partial charge in [0, 0.05) is 19.7 Å². The van der Waals surface area contributed by atoms with Gasteiger partial charge in [0.2, 0.25) is 5.76 Å². The van der Waals surface area contributed by atoms with Crippen molar-refractivity contribution in [1.82, 2.24) is 10.1 Å². The summed E-state index contributed by atoms with van der Waals surface area (Å²) in [5, 5.41) is 3.86. The number of para-hydroxylation sites is 1. The van der Waals surface area contributed by atoms with Crippen LogP contribution in [0, 0.1) is 0 Å². The van der Waals surface area contributed by atoms with E-state index < -0.39 is 0 Å². The monoisotopic (exact) mass is 336 g/mol. The summed E-state index contributed by atoms with van der Waals surface area (Å²) < 4.78 is 10.9. The van der Waals surface area contributed by atoms with Crippen molar-refractivity contribution >= 4 is 5.91 Å². The van der Waals surface area contributed by atoms with E-state index in [1.165, 1.54) is 0 Å². The Morgan fingerprint density at radius 2 is 1.76 bits per heavy atom. The fourth-order valence-electron chi connectivity index (χ4n) is 2.40. The first-order chi connectivity index (χ1) is 12.2. The summed E-state index contributed by atoms with van der Waals surface area (Å²) in [5.74, 6) is 1.63. The van der Waals surface area contributed by atoms with Crippen LogP contribution in [0.25, 0.3) is 0 Å². The lowest BCUT2D eigenvalue weighted by molar-refractivity contribution is 0.0743. The van der Waals surface area contributed by atoms with Gasteiger partial charge in [-0.2, -0.15) is 0 Å². The van der Waals surface area contributed by atoms with Crippen LogP contribution >= 0.6 is 0 Å². The zero-order valence-electron chi connectivity index (χ0n) is 14.3. The number of hydrogen-bond donors (Lipinski definition) is 0. The van der Waals surface area contributed by atoms with E-state index >= 15 is 0 Å². The number of nitrogens with zero attached hydrogens (tertiary/aromatic N) is 2. The summed E-state index contributed by atoms with van der Waals surface area (Å²) in [6.07, 6.45) is 0.739. The predicted octanol–water partition coefficient (Wildman–Crippen LogP) is 4.30. The van der Waals surface area contributed by atoms with Gasteiger partial charge in [-0.15, -0.1) is 0 Å². The molecule has 0 saturated carbocycles. The van der Waals surface area contributed by atoms with Crippen LogP contribution in [0.4, 0.5) is 0 Å². The second kappa shape index (κ2) is 7.66. The number of ether oxygens (including phenoxy) is 1. The third-order valence-corrected chi connectivity index (χ3v) is 3.80. The van der Waals surface area contributed by atoms with Crippen LogP contribution in [0.5, 0.6) is 11.5 Å². The standard InChI is InChI=1S/C20H20N2O3/c1-3-16-13-19(25-21-16)20(23)22(2)14-15-9-11-18(12-10-15)24-17-7-5-4-6-8-17/h4-13H,3,14H2,1-2H3. The maximum absolute atomic E-state index is 12.4. The van der Waals surface area contributed by atoms with Crippen LogP contribution in [0.15, 0.2) is 65.2 Å². The number of rotatable bonds is 6. The largest absolute Gasteiger partial charge is 0.457 e. The molecule has 1 amide bonds. The third-order valence-electron chi connectivity index (χ3n) is 3.80. The van der Waals surface area contributed by atoms with Gasteiger partial charge in [0.05, 0.1) is 5.69 Å². The van der Waals surface area contributed by atoms with Crippen LogP contribution < -0.4 is 4.74 Å². The molecule has 1 heterocycles. The van der Waals surface area contributed by atoms with E-state index in [0.717, 1.165) is 29.2 Å². The lowest BCUT2D eigenvalue weighted by atomic mass is 10.2. The first-order valence-electron chi connectivity index (χ1n) is 8.18. The Morgan fingerprint density at radius 1 is 1.08 bits per heavy atom. The van der Waals surface area contributed by atoms with Gasteiger partial charge >= 0.3 is 0 Å². The zero-order chi connectivity index (χ0) is 17.6. The molecular weight excluding hydrogens is 316 g/mol. The fourth-order valence-corrected chi connectivity index (χ4v) is 2.40. The third kappa shape index (κ3) is 4.26. The molecule has 0 N–H and O–H groups in total. The minimum atomic E-state index is -0.184. The summed E-state index contributed by atoms with van der Waals surface area (Å²) in [6.45, 7) is 2.45. The lowest BCUT2D eigenvalue weighted by Gasteiger charge is -2.15. The maximum Gasteiger partial charge on any atom is 0.292 e. The van der Waals surface area contributed by atoms with Gasteiger partial charge in [0.25, 0.3) is 5.91 Å². The Bertz CT molecular complexity index is 826. The number of aryl methyl sites for hydroxylation is 1. The van der Waals surface area contributed by atoms with Crippen molar-refractivity contribution in [2.24, 2.45) is 0 Å². The van der Waals surface area contributed by atoms with Gasteiger partial charge in [-0.3, -0.25) is 4.79 Å². The smallest absolute Gasteiger partial charge is 0.292 e. The van der Waals surface area contributed by atoms with Gasteiger partial charge < -0.3 is 14.2 Å². The first kappa shape index (κ1) is 16.8. The van der Waals surface area contributed by atoms with Gasteiger partial charge in [0.15, 0.2) is 0 Å². The lowest BCUT2D eigenvalue weighted by Crippen LogP contribution is -2.25. The Hall–Kier alpha value is -3.08. The second-order valence-corrected chi connectivity index (χ2v) is 5.76. The minimum absolute atomic E-state index is 0.184. The highest BCUT2D eigenvalue weighted by molar-refractivity contribution is 5.91. The molecule has 0 aliphatic rings. The van der Waals surface area contributed by atoms with Crippen molar-refractivity contribution in [3.05, 3.63) is 77.7 Å². The topological polar surface area (TPSA) is 55.6 Å². The average molecular weight is 336 g/mol. The Balaban J connectivity index is 1.61. The molecule has 5 nitrogen and oxygen atoms in total. The first-order valence-corrected chi connectivity index (χ1v) is 8.18. The average Bonchev–Trinajstić information content (AvgIpc) is 3.13. The quantitative estimate of drug-likeness (QED) is 0.673. The highest BCUT2D eigenvalue weighted by Crippen LogP contribution is 2.21. The Kier molecular flexibility index (Phi) is 5.14. The van der Waals surface area contributed by atoms with Gasteiger partial charge in [-0.1, -0.05) is 42.4 Å². The van der Waals surface area contributed by atoms with Gasteiger partial charge in [0.1, 0.15) is 11.5 Å². The van der Waals surface area contributed by atoms with E-state index in [9.17, 15) is 4.79 Å². The van der Waals surface area contributed by atoms with Crippen LogP contribution in [0.1, 0.15) is 28.7 Å². The number of aromatic nitrogens is 1. The predicted molar refractivity (Wildman–Crippen MR) is 94.6 cm³/mol. The van der Waals surface area contributed by atoms with E-state index in [1.54, 1.807) is 18.0 Å². The van der Waals surface area contributed by atoms with E-state index in [0.29, 0.717) is 6.54 Å². The molecule has 0 spiro atoms. The summed E-state index contributed by atoms with van der Waals surface area (Å²) in [7, 11) is 1.74. The van der Waals surface area contributed by atoms with Crippen molar-refractivity contribution in [3.63, 3.8) is 0 Å². The van der Waals surface area contributed by atoms with E-state index in [-0.39, 0.29) is 11.7 Å². The molecule has 2 aromatic carbocycles. The van der Waals surface area contributed by atoms with Gasteiger partial charge in [-0.05, 0) is 36.2 Å². The molecule has 1 aromatic heterocycles. The number of carbonyl (C=O) groups is 1. The van der Waals surface area contributed by atoms with Crippen LogP contribution in [-0.2, 0) is 13.0 Å². The highest BCUT2D eigenvalue weighted by atomic mass is 16.5. The van der Waals surface area contributed by atoms with Crippen molar-refractivity contribution in [2.45, 2.75) is 19.9 Å². The fraction of sp³-hybridized carbons (Fsp3) is 0.200. The molecule has 25 heavy (non-hydrogen) atoms. The molecular formula is C20H20N2O3. The highest BCUT2D eigenvalue weighted by Gasteiger charge is 2.17. The molecule has 0 unspecified atom stereocenters. The normalized spacial score (nSPS) is 10.5. The SMILES string of the molecule is CCc1cc(C(=O)N(C)Cc2ccc(Oc3ccccc3)cc2)on1. The van der Waals surface area contributed by atoms with E-state index in [2.05, 4.69) is 5.16 Å². The summed E-state index contributed by atoms with van der Waals surface area (Å²) in [5.41, 5.74) is 1.78. The molecule has 3 rings (SSSR count). The second-order valence-electron chi connectivity index (χ2n) is 5.76. The molecule has 128 valence electrons. The molecule has 3 aromatic rings. The van der Waals surface area contributed by atoms with Crippen LogP contribution in [0.2, 0.25) is 0 Å². The molecule has 5 heteroatoms. The van der Waals surface area contributed by atoms with Gasteiger partial charge in [-0.25, -0.2) is 0 Å². The van der Waals surface area contributed by atoms with Crippen molar-refractivity contribution in [3.8, 4) is 11.5 Å². The molecule has 0 saturated heterocycles. The van der Waals surface area contributed by atoms with E-state index in [1.807, 2.05) is 61.5 Å². The molecule has 0 aliphatic heterocycles. The summed E-state index contributed by atoms with van der Waals surface area (Å²) in [6, 6.07) is 19.0. The van der Waals surface area contributed by atoms with Crippen molar-refractivity contribution in [2.75, 3.05) is 7.05 Å². The van der Waals surface area contributed by atoms with Crippen molar-refractivity contribution in [1.29, 1.82) is 0 Å². The Morgan fingerprint density at radius 3 is 2.40 bits per heavy atom. The molecule has 0 fully saturated rings. The van der Waals surface area contributed by atoms with Crippen LogP contribution in [-0.4, -0.2) is 23.0 Å². The summed E-state index contributed by atoms with van der Waals surface area (Å²) in [4.78, 5) is 14.0.